The third-order valence-corrected chi connectivity index (χ3v) is 2.02. The summed E-state index contributed by atoms with van der Waals surface area (Å²) in [7, 11) is 0. The van der Waals surface area contributed by atoms with Crippen LogP contribution in [0.4, 0.5) is 11.4 Å². The number of rotatable bonds is 3. The number of nitrogens with two attached hydrogens (primary N) is 1. The quantitative estimate of drug-likeness (QED) is 0.627. The average Bonchev–Trinajstić information content (AvgIpc) is 2.38. The van der Waals surface area contributed by atoms with Gasteiger partial charge in [0.15, 0.2) is 5.75 Å². The van der Waals surface area contributed by atoms with Gasteiger partial charge in [-0.15, -0.1) is 5.11 Å². The molecule has 16 heavy (non-hydrogen) atoms. The molecule has 0 aliphatic heterocycles. The van der Waals surface area contributed by atoms with Crippen molar-refractivity contribution in [1.29, 1.82) is 0 Å². The highest BCUT2D eigenvalue weighted by Crippen LogP contribution is 2.27. The van der Waals surface area contributed by atoms with Crippen LogP contribution in [0.2, 0.25) is 0 Å². The van der Waals surface area contributed by atoms with E-state index in [9.17, 15) is 0 Å². The Balaban J connectivity index is 2.24. The number of benzene rings is 2. The molecular formula is C12H11N3O. The fraction of sp³-hybridized carbons (Fsp3) is 0. The summed E-state index contributed by atoms with van der Waals surface area (Å²) in [5, 5.41) is 8.14. The zero-order valence-electron chi connectivity index (χ0n) is 8.58. The molecule has 2 aromatic carbocycles. The fourth-order valence-electron chi connectivity index (χ4n) is 1.25. The molecule has 0 aliphatic rings. The summed E-state index contributed by atoms with van der Waals surface area (Å²) in [6, 6.07) is 16.7. The second-order valence-electron chi connectivity index (χ2n) is 3.12. The molecule has 0 bridgehead atoms. The second-order valence-corrected chi connectivity index (χ2v) is 3.12. The van der Waals surface area contributed by atoms with Crippen LogP contribution < -0.4 is 10.7 Å². The van der Waals surface area contributed by atoms with E-state index in [0.717, 1.165) is 5.69 Å². The molecule has 0 aromatic heterocycles. The fourth-order valence-corrected chi connectivity index (χ4v) is 1.25. The number of azo groups is 1. The lowest BCUT2D eigenvalue weighted by Gasteiger charge is -2.00. The molecule has 2 rings (SSSR count). The van der Waals surface area contributed by atoms with E-state index < -0.39 is 0 Å². The monoisotopic (exact) mass is 213 g/mol. The summed E-state index contributed by atoms with van der Waals surface area (Å²) < 4.78 is 0. The Morgan fingerprint density at radius 2 is 1.50 bits per heavy atom. The molecule has 80 valence electrons. The lowest BCUT2D eigenvalue weighted by molar-refractivity contribution is 0.335. The van der Waals surface area contributed by atoms with E-state index in [1.807, 2.05) is 42.5 Å². The lowest BCUT2D eigenvalue weighted by Crippen LogP contribution is -2.01. The summed E-state index contributed by atoms with van der Waals surface area (Å²) in [6.45, 7) is 0. The Labute approximate surface area is 93.3 Å². The maximum absolute atomic E-state index is 5.12. The zero-order chi connectivity index (χ0) is 11.2. The smallest absolute Gasteiger partial charge is 0.174 e. The van der Waals surface area contributed by atoms with Gasteiger partial charge in [-0.2, -0.15) is 11.0 Å². The molecule has 0 unspecified atom stereocenters. The first-order chi connectivity index (χ1) is 7.90. The highest BCUT2D eigenvalue weighted by atomic mass is 16.6. The molecule has 4 heteroatoms. The van der Waals surface area contributed by atoms with E-state index in [2.05, 4.69) is 15.1 Å². The van der Waals surface area contributed by atoms with E-state index >= 15 is 0 Å². The lowest BCUT2D eigenvalue weighted by atomic mass is 10.3. The largest absolute Gasteiger partial charge is 0.409 e. The molecule has 0 spiro atoms. The van der Waals surface area contributed by atoms with Gasteiger partial charge >= 0.3 is 0 Å². The van der Waals surface area contributed by atoms with Crippen LogP contribution in [0.1, 0.15) is 0 Å². The molecule has 0 fully saturated rings. The summed E-state index contributed by atoms with van der Waals surface area (Å²) in [5.74, 6) is 5.62. The van der Waals surface area contributed by atoms with Crippen molar-refractivity contribution in [3.63, 3.8) is 0 Å². The van der Waals surface area contributed by atoms with Crippen LogP contribution >= 0.6 is 0 Å². The van der Waals surface area contributed by atoms with Crippen LogP contribution in [0.5, 0.6) is 5.75 Å². The molecule has 4 nitrogen and oxygen atoms in total. The van der Waals surface area contributed by atoms with E-state index in [0.29, 0.717) is 11.4 Å². The normalized spacial score (nSPS) is 10.6. The van der Waals surface area contributed by atoms with Gasteiger partial charge in [0, 0.05) is 0 Å². The first-order valence-corrected chi connectivity index (χ1v) is 4.83. The van der Waals surface area contributed by atoms with Crippen molar-refractivity contribution in [3.05, 3.63) is 54.6 Å². The van der Waals surface area contributed by atoms with Gasteiger partial charge in [-0.05, 0) is 24.3 Å². The number of hydrogen-bond acceptors (Lipinski definition) is 4. The minimum absolute atomic E-state index is 0.502. The van der Waals surface area contributed by atoms with Crippen molar-refractivity contribution >= 4 is 11.4 Å². The zero-order valence-corrected chi connectivity index (χ0v) is 8.58. The van der Waals surface area contributed by atoms with Gasteiger partial charge in [-0.3, -0.25) is 0 Å². The maximum atomic E-state index is 5.12. The Bertz CT molecular complexity index is 483. The molecule has 2 aromatic rings. The summed E-state index contributed by atoms with van der Waals surface area (Å²) in [4.78, 5) is 4.68. The van der Waals surface area contributed by atoms with Gasteiger partial charge in [0.05, 0.1) is 5.69 Å². The van der Waals surface area contributed by atoms with Crippen molar-refractivity contribution < 1.29 is 4.84 Å². The first kappa shape index (κ1) is 10.3. The van der Waals surface area contributed by atoms with E-state index in [4.69, 9.17) is 5.90 Å². The van der Waals surface area contributed by atoms with Gasteiger partial charge in [0.25, 0.3) is 0 Å². The Morgan fingerprint density at radius 1 is 0.812 bits per heavy atom. The highest BCUT2D eigenvalue weighted by Gasteiger charge is 1.99. The molecule has 0 heterocycles. The van der Waals surface area contributed by atoms with Crippen molar-refractivity contribution in [2.24, 2.45) is 16.1 Å². The molecule has 0 saturated heterocycles. The predicted octanol–water partition coefficient (Wildman–Crippen LogP) is 3.35. The van der Waals surface area contributed by atoms with Gasteiger partial charge in [0.1, 0.15) is 5.69 Å². The third kappa shape index (κ3) is 2.43. The predicted molar refractivity (Wildman–Crippen MR) is 61.9 cm³/mol. The van der Waals surface area contributed by atoms with Crippen LogP contribution in [0.15, 0.2) is 64.8 Å². The van der Waals surface area contributed by atoms with Gasteiger partial charge in [-0.25, -0.2) is 0 Å². The van der Waals surface area contributed by atoms with Gasteiger partial charge in [-0.1, -0.05) is 30.3 Å². The van der Waals surface area contributed by atoms with Crippen molar-refractivity contribution in [2.75, 3.05) is 0 Å². The standard InChI is InChI=1S/C12H11N3O/c13-16-12-9-5-4-8-11(12)15-14-10-6-2-1-3-7-10/h1-9H,13H2. The number of hydrogen-bond donors (Lipinski definition) is 1. The Hall–Kier alpha value is -2.20. The second kappa shape index (κ2) is 5.04. The Morgan fingerprint density at radius 3 is 2.25 bits per heavy atom. The van der Waals surface area contributed by atoms with Crippen LogP contribution in [-0.2, 0) is 0 Å². The van der Waals surface area contributed by atoms with Crippen LogP contribution in [-0.4, -0.2) is 0 Å². The van der Waals surface area contributed by atoms with E-state index in [1.165, 1.54) is 0 Å². The van der Waals surface area contributed by atoms with E-state index in [1.54, 1.807) is 12.1 Å². The minimum Gasteiger partial charge on any atom is -0.409 e. The minimum atomic E-state index is 0.502. The van der Waals surface area contributed by atoms with Crippen molar-refractivity contribution in [2.45, 2.75) is 0 Å². The maximum Gasteiger partial charge on any atom is 0.174 e. The Kier molecular flexibility index (Phi) is 3.25. The van der Waals surface area contributed by atoms with Gasteiger partial charge < -0.3 is 4.84 Å². The highest BCUT2D eigenvalue weighted by molar-refractivity contribution is 5.51. The van der Waals surface area contributed by atoms with Crippen LogP contribution in [0.25, 0.3) is 0 Å². The third-order valence-electron chi connectivity index (χ3n) is 2.02. The molecular weight excluding hydrogens is 202 g/mol. The summed E-state index contributed by atoms with van der Waals surface area (Å²) >= 11 is 0. The SMILES string of the molecule is NOc1ccccc1N=Nc1ccccc1. The van der Waals surface area contributed by atoms with Gasteiger partial charge in [0.2, 0.25) is 0 Å². The van der Waals surface area contributed by atoms with Crippen LogP contribution in [0.3, 0.4) is 0 Å². The first-order valence-electron chi connectivity index (χ1n) is 4.83. The summed E-state index contributed by atoms with van der Waals surface area (Å²) in [5.41, 5.74) is 1.39. The summed E-state index contributed by atoms with van der Waals surface area (Å²) in [6.07, 6.45) is 0. The molecule has 0 aliphatic carbocycles. The van der Waals surface area contributed by atoms with E-state index in [-0.39, 0.29) is 0 Å². The average molecular weight is 213 g/mol. The molecule has 0 radical (unpaired) electrons. The topological polar surface area (TPSA) is 60.0 Å². The molecule has 0 saturated carbocycles. The van der Waals surface area contributed by atoms with Crippen molar-refractivity contribution in [1.82, 2.24) is 0 Å². The molecule has 2 N–H and O–H groups in total. The number of para-hydroxylation sites is 1. The molecule has 0 amide bonds. The van der Waals surface area contributed by atoms with Crippen LogP contribution in [0, 0.1) is 0 Å². The molecule has 0 atom stereocenters. The van der Waals surface area contributed by atoms with Crippen molar-refractivity contribution in [3.8, 4) is 5.75 Å². The number of nitrogens with zero attached hydrogens (tertiary/aromatic N) is 2.